The second kappa shape index (κ2) is 7.41. The first-order valence-corrected chi connectivity index (χ1v) is 7.79. The number of morpholine rings is 1. The molecule has 112 valence electrons. The van der Waals surface area contributed by atoms with Gasteiger partial charge in [-0.3, -0.25) is 4.90 Å². The highest BCUT2D eigenvalue weighted by Gasteiger charge is 2.22. The standard InChI is InChI=1S/C16H25ClN2O/c1-12(2)19-8-9-20-14(11-19)10-18-13(3)15-6-4-5-7-16(15)17/h4-7,12-14,18H,8-11H2,1-3H3/t13-,14?/m0/s1. The minimum Gasteiger partial charge on any atom is -0.374 e. The van der Waals surface area contributed by atoms with Gasteiger partial charge in [0.2, 0.25) is 0 Å². The molecule has 3 nitrogen and oxygen atoms in total. The van der Waals surface area contributed by atoms with E-state index in [2.05, 4.69) is 37.1 Å². The van der Waals surface area contributed by atoms with Crippen molar-refractivity contribution < 1.29 is 4.74 Å². The largest absolute Gasteiger partial charge is 0.374 e. The third-order valence-corrected chi connectivity index (χ3v) is 4.27. The summed E-state index contributed by atoms with van der Waals surface area (Å²) in [4.78, 5) is 2.47. The molecule has 0 spiro atoms. The van der Waals surface area contributed by atoms with Gasteiger partial charge in [-0.2, -0.15) is 0 Å². The number of benzene rings is 1. The molecule has 2 atom stereocenters. The van der Waals surface area contributed by atoms with Crippen molar-refractivity contribution in [3.63, 3.8) is 0 Å². The Bertz CT molecular complexity index is 425. The second-order valence-corrected chi connectivity index (χ2v) is 6.14. The highest BCUT2D eigenvalue weighted by Crippen LogP contribution is 2.22. The van der Waals surface area contributed by atoms with Crippen molar-refractivity contribution in [3.8, 4) is 0 Å². The maximum absolute atomic E-state index is 6.23. The topological polar surface area (TPSA) is 24.5 Å². The van der Waals surface area contributed by atoms with E-state index in [1.807, 2.05) is 18.2 Å². The van der Waals surface area contributed by atoms with Crippen molar-refractivity contribution in [2.24, 2.45) is 0 Å². The third kappa shape index (κ3) is 4.19. The van der Waals surface area contributed by atoms with Crippen molar-refractivity contribution in [2.75, 3.05) is 26.2 Å². The Morgan fingerprint density at radius 1 is 1.35 bits per heavy atom. The fraction of sp³-hybridized carbons (Fsp3) is 0.625. The highest BCUT2D eigenvalue weighted by atomic mass is 35.5. The lowest BCUT2D eigenvalue weighted by molar-refractivity contribution is -0.0379. The van der Waals surface area contributed by atoms with Crippen LogP contribution in [0.4, 0.5) is 0 Å². The zero-order chi connectivity index (χ0) is 14.5. The monoisotopic (exact) mass is 296 g/mol. The number of halogens is 1. The zero-order valence-corrected chi connectivity index (χ0v) is 13.4. The van der Waals surface area contributed by atoms with Crippen molar-refractivity contribution in [3.05, 3.63) is 34.9 Å². The second-order valence-electron chi connectivity index (χ2n) is 5.73. The first kappa shape index (κ1) is 15.8. The minimum atomic E-state index is 0.238. The van der Waals surface area contributed by atoms with Crippen molar-refractivity contribution in [1.82, 2.24) is 10.2 Å². The summed E-state index contributed by atoms with van der Waals surface area (Å²) >= 11 is 6.23. The number of nitrogens with zero attached hydrogens (tertiary/aromatic N) is 1. The van der Waals surface area contributed by atoms with Crippen LogP contribution in [0.5, 0.6) is 0 Å². The van der Waals surface area contributed by atoms with E-state index in [0.717, 1.165) is 36.8 Å². The number of ether oxygens (including phenoxy) is 1. The number of rotatable bonds is 5. The Labute approximate surface area is 127 Å². The summed E-state index contributed by atoms with van der Waals surface area (Å²) in [6.07, 6.45) is 0.260. The summed E-state index contributed by atoms with van der Waals surface area (Å²) in [6, 6.07) is 8.82. The molecule has 1 aromatic rings. The molecule has 1 aliphatic rings. The Morgan fingerprint density at radius 2 is 2.10 bits per heavy atom. The molecule has 1 N–H and O–H groups in total. The van der Waals surface area contributed by atoms with Gasteiger partial charge in [0.1, 0.15) is 0 Å². The lowest BCUT2D eigenvalue weighted by atomic mass is 10.1. The van der Waals surface area contributed by atoms with Gasteiger partial charge in [0.15, 0.2) is 0 Å². The summed E-state index contributed by atoms with van der Waals surface area (Å²) in [7, 11) is 0. The van der Waals surface area contributed by atoms with Gasteiger partial charge in [0.25, 0.3) is 0 Å². The highest BCUT2D eigenvalue weighted by molar-refractivity contribution is 6.31. The summed E-state index contributed by atoms with van der Waals surface area (Å²) in [5, 5.41) is 4.35. The quantitative estimate of drug-likeness (QED) is 0.903. The molecule has 0 bridgehead atoms. The van der Waals surface area contributed by atoms with Crippen molar-refractivity contribution in [1.29, 1.82) is 0 Å². The van der Waals surface area contributed by atoms with E-state index < -0.39 is 0 Å². The molecular formula is C16H25ClN2O. The lowest BCUT2D eigenvalue weighted by Gasteiger charge is -2.36. The van der Waals surface area contributed by atoms with Crippen molar-refractivity contribution in [2.45, 2.75) is 39.0 Å². The molecule has 0 saturated carbocycles. The molecule has 0 amide bonds. The van der Waals surface area contributed by atoms with E-state index in [9.17, 15) is 0 Å². The van der Waals surface area contributed by atoms with Gasteiger partial charge in [0.05, 0.1) is 12.7 Å². The molecule has 1 heterocycles. The van der Waals surface area contributed by atoms with Crippen LogP contribution >= 0.6 is 11.6 Å². The molecule has 1 saturated heterocycles. The summed E-state index contributed by atoms with van der Waals surface area (Å²) in [5.74, 6) is 0. The molecule has 20 heavy (non-hydrogen) atoms. The Hall–Kier alpha value is -0.610. The molecule has 1 aliphatic heterocycles. The van der Waals surface area contributed by atoms with Crippen LogP contribution in [0.15, 0.2) is 24.3 Å². The summed E-state index contributed by atoms with van der Waals surface area (Å²) in [5.41, 5.74) is 1.14. The smallest absolute Gasteiger partial charge is 0.0827 e. The Morgan fingerprint density at radius 3 is 2.80 bits per heavy atom. The molecule has 0 radical (unpaired) electrons. The van der Waals surface area contributed by atoms with Gasteiger partial charge < -0.3 is 10.1 Å². The van der Waals surface area contributed by atoms with E-state index in [4.69, 9.17) is 16.3 Å². The zero-order valence-electron chi connectivity index (χ0n) is 12.6. The fourth-order valence-corrected chi connectivity index (χ4v) is 2.88. The van der Waals surface area contributed by atoms with E-state index in [-0.39, 0.29) is 12.1 Å². The predicted octanol–water partition coefficient (Wildman–Crippen LogP) is 3.10. The minimum absolute atomic E-state index is 0.238. The molecule has 1 aromatic carbocycles. The number of hydrogen-bond acceptors (Lipinski definition) is 3. The van der Waals surface area contributed by atoms with E-state index in [0.29, 0.717) is 6.04 Å². The van der Waals surface area contributed by atoms with Crippen LogP contribution in [-0.4, -0.2) is 43.3 Å². The number of nitrogens with one attached hydrogen (secondary N) is 1. The van der Waals surface area contributed by atoms with Gasteiger partial charge in [-0.15, -0.1) is 0 Å². The van der Waals surface area contributed by atoms with Crippen LogP contribution in [0.2, 0.25) is 5.02 Å². The third-order valence-electron chi connectivity index (χ3n) is 3.92. The van der Waals surface area contributed by atoms with Gasteiger partial charge in [0, 0.05) is 36.7 Å². The maximum atomic E-state index is 6.23. The maximum Gasteiger partial charge on any atom is 0.0827 e. The summed E-state index contributed by atoms with van der Waals surface area (Å²) < 4.78 is 5.84. The molecule has 4 heteroatoms. The van der Waals surface area contributed by atoms with Gasteiger partial charge >= 0.3 is 0 Å². The first-order chi connectivity index (χ1) is 9.58. The fourth-order valence-electron chi connectivity index (χ4n) is 2.58. The lowest BCUT2D eigenvalue weighted by Crippen LogP contribution is -2.49. The summed E-state index contributed by atoms with van der Waals surface area (Å²) in [6.45, 7) is 10.3. The Balaban J connectivity index is 1.84. The molecule has 1 unspecified atom stereocenters. The van der Waals surface area contributed by atoms with E-state index in [1.165, 1.54) is 0 Å². The predicted molar refractivity (Wildman–Crippen MR) is 84.3 cm³/mol. The van der Waals surface area contributed by atoms with E-state index in [1.54, 1.807) is 0 Å². The molecule has 0 aliphatic carbocycles. The molecular weight excluding hydrogens is 272 g/mol. The van der Waals surface area contributed by atoms with Crippen LogP contribution in [0.25, 0.3) is 0 Å². The first-order valence-electron chi connectivity index (χ1n) is 7.41. The average Bonchev–Trinajstić information content (AvgIpc) is 2.45. The van der Waals surface area contributed by atoms with Crippen LogP contribution in [0.1, 0.15) is 32.4 Å². The van der Waals surface area contributed by atoms with Crippen LogP contribution in [0.3, 0.4) is 0 Å². The van der Waals surface area contributed by atoms with Gasteiger partial charge in [-0.25, -0.2) is 0 Å². The van der Waals surface area contributed by atoms with Crippen LogP contribution in [-0.2, 0) is 4.74 Å². The van der Waals surface area contributed by atoms with Crippen LogP contribution in [0, 0.1) is 0 Å². The molecule has 0 aromatic heterocycles. The average molecular weight is 297 g/mol. The van der Waals surface area contributed by atoms with Gasteiger partial charge in [-0.1, -0.05) is 29.8 Å². The molecule has 1 fully saturated rings. The molecule has 2 rings (SSSR count). The number of hydrogen-bond donors (Lipinski definition) is 1. The van der Waals surface area contributed by atoms with Crippen LogP contribution < -0.4 is 5.32 Å². The SMILES string of the molecule is CC(C)N1CCOC(CN[C@@H](C)c2ccccc2Cl)C1. The Kier molecular flexibility index (Phi) is 5.85. The van der Waals surface area contributed by atoms with Crippen molar-refractivity contribution >= 4 is 11.6 Å². The van der Waals surface area contributed by atoms with E-state index >= 15 is 0 Å². The van der Waals surface area contributed by atoms with Gasteiger partial charge in [-0.05, 0) is 32.4 Å². The normalized spacial score (nSPS) is 22.1.